The van der Waals surface area contributed by atoms with Gasteiger partial charge in [0.2, 0.25) is 11.1 Å². The number of benzene rings is 4. The number of nitrogens with zero attached hydrogens (tertiary/aromatic N) is 5. The number of alkyl carbamates (subject to hydrolysis) is 1. The number of hydrogen-bond donors (Lipinski definition) is 2. The molecule has 2 N–H and O–H groups in total. The highest BCUT2D eigenvalue weighted by Gasteiger charge is 2.42. The number of imide groups is 1. The third-order valence-electron chi connectivity index (χ3n) is 8.99. The van der Waals surface area contributed by atoms with E-state index in [1.807, 2.05) is 91.0 Å². The molecule has 0 spiro atoms. The molecule has 3 amide bonds. The molecule has 3 heterocycles. The number of hydrogen-bond acceptors (Lipinski definition) is 11. The number of carbonyl (C=O) groups excluding carboxylic acids is 3. The van der Waals surface area contributed by atoms with Crippen LogP contribution in [0.5, 0.6) is 0 Å². The number of ether oxygens (including phenoxy) is 3. The number of nitrogens with one attached hydrogen (secondary N) is 1. The molecule has 2 aliphatic rings. The molecule has 0 radical (unpaired) electrons. The lowest BCUT2D eigenvalue weighted by atomic mass is 9.91. The van der Waals surface area contributed by atoms with E-state index >= 15 is 0 Å². The van der Waals surface area contributed by atoms with Gasteiger partial charge in [-0.1, -0.05) is 104 Å². The van der Waals surface area contributed by atoms with E-state index in [1.165, 1.54) is 11.8 Å². The molecule has 0 aliphatic carbocycles. The minimum atomic E-state index is -1.07. The fraction of sp³-hybridized carbons (Fsp3) is 0.263. The van der Waals surface area contributed by atoms with Crippen LogP contribution in [0.3, 0.4) is 0 Å². The van der Waals surface area contributed by atoms with E-state index < -0.39 is 36.3 Å². The number of thioether (sulfide) groups is 1. The summed E-state index contributed by atoms with van der Waals surface area (Å²) in [5, 5.41) is 25.1. The molecule has 14 heteroatoms. The number of amides is 3. The lowest BCUT2D eigenvalue weighted by molar-refractivity contribution is -0.268. The second-order valence-electron chi connectivity index (χ2n) is 12.5. The minimum absolute atomic E-state index is 0.0312. The molecule has 266 valence electrons. The quantitative estimate of drug-likeness (QED) is 0.135. The van der Waals surface area contributed by atoms with E-state index in [0.717, 1.165) is 27.3 Å². The van der Waals surface area contributed by atoms with Gasteiger partial charge in [-0.2, -0.15) is 4.68 Å². The third kappa shape index (κ3) is 7.75. The van der Waals surface area contributed by atoms with Gasteiger partial charge in [0.1, 0.15) is 12.6 Å². The predicted octanol–water partition coefficient (Wildman–Crippen LogP) is 5.30. The molecule has 2 aliphatic heterocycles. The van der Waals surface area contributed by atoms with E-state index in [4.69, 9.17) is 14.2 Å². The molecule has 0 saturated carbocycles. The highest BCUT2D eigenvalue weighted by Crippen LogP contribution is 2.43. The van der Waals surface area contributed by atoms with Crippen molar-refractivity contribution in [2.24, 2.45) is 5.92 Å². The average molecular weight is 721 g/mol. The Labute approximate surface area is 303 Å². The maximum atomic E-state index is 13.5. The van der Waals surface area contributed by atoms with Crippen LogP contribution in [-0.2, 0) is 37.0 Å². The molecule has 5 aromatic rings. The minimum Gasteiger partial charge on any atom is -0.445 e. The van der Waals surface area contributed by atoms with Gasteiger partial charge in [0.15, 0.2) is 6.29 Å². The van der Waals surface area contributed by atoms with Gasteiger partial charge < -0.3 is 24.6 Å². The van der Waals surface area contributed by atoms with E-state index in [1.54, 1.807) is 22.9 Å². The van der Waals surface area contributed by atoms with Crippen molar-refractivity contribution in [3.63, 3.8) is 0 Å². The van der Waals surface area contributed by atoms with Crippen LogP contribution in [0.4, 0.5) is 10.5 Å². The number of aromatic nitrogens is 4. The molecule has 4 aromatic carbocycles. The number of aliphatic hydroxyl groups is 1. The SMILES string of the molecule is C[C@@H]1[C@H](CSc2nnnn2-c2ccccc2)O[C@H](c2cccc(N3C(=O)CC(NC(=O)OCc4ccccc4)C3=O)c2)O[C@@H]1c1ccc(CO)cc1. The highest BCUT2D eigenvalue weighted by molar-refractivity contribution is 7.99. The van der Waals surface area contributed by atoms with Crippen molar-refractivity contribution in [3.8, 4) is 5.69 Å². The molecule has 7 rings (SSSR count). The van der Waals surface area contributed by atoms with Gasteiger partial charge in [-0.25, -0.2) is 9.69 Å². The Morgan fingerprint density at radius 3 is 2.38 bits per heavy atom. The fourth-order valence-electron chi connectivity index (χ4n) is 6.20. The average Bonchev–Trinajstić information content (AvgIpc) is 3.77. The molecule has 0 bridgehead atoms. The Hall–Kier alpha value is -5.41. The van der Waals surface area contributed by atoms with Crippen molar-refractivity contribution in [1.29, 1.82) is 0 Å². The third-order valence-corrected chi connectivity index (χ3v) is 10.0. The summed E-state index contributed by atoms with van der Waals surface area (Å²) in [5.41, 5.74) is 4.26. The van der Waals surface area contributed by atoms with Crippen molar-refractivity contribution in [1.82, 2.24) is 25.5 Å². The predicted molar refractivity (Wildman–Crippen MR) is 190 cm³/mol. The molecule has 5 atom stereocenters. The van der Waals surface area contributed by atoms with Gasteiger partial charge in [0.05, 0.1) is 36.6 Å². The summed E-state index contributed by atoms with van der Waals surface area (Å²) in [6, 6.07) is 32.2. The summed E-state index contributed by atoms with van der Waals surface area (Å²) >= 11 is 1.46. The summed E-state index contributed by atoms with van der Waals surface area (Å²) in [6.07, 6.45) is -2.57. The van der Waals surface area contributed by atoms with Crippen molar-refractivity contribution >= 4 is 35.4 Å². The van der Waals surface area contributed by atoms with Crippen LogP contribution >= 0.6 is 11.8 Å². The molecular formula is C38H36N6O7S. The van der Waals surface area contributed by atoms with Crippen LogP contribution in [0.25, 0.3) is 5.69 Å². The van der Waals surface area contributed by atoms with E-state index in [9.17, 15) is 19.5 Å². The van der Waals surface area contributed by atoms with Crippen LogP contribution in [0.15, 0.2) is 114 Å². The first-order chi connectivity index (χ1) is 25.4. The fourth-order valence-corrected chi connectivity index (χ4v) is 7.25. The van der Waals surface area contributed by atoms with Gasteiger partial charge in [0, 0.05) is 17.2 Å². The highest BCUT2D eigenvalue weighted by atomic mass is 32.2. The zero-order chi connectivity index (χ0) is 36.0. The van der Waals surface area contributed by atoms with Crippen molar-refractivity contribution < 1.29 is 33.7 Å². The lowest BCUT2D eigenvalue weighted by Crippen LogP contribution is -2.42. The monoisotopic (exact) mass is 720 g/mol. The van der Waals surface area contributed by atoms with Gasteiger partial charge in [0.25, 0.3) is 5.91 Å². The van der Waals surface area contributed by atoms with Crippen LogP contribution in [0, 0.1) is 5.92 Å². The smallest absolute Gasteiger partial charge is 0.408 e. The van der Waals surface area contributed by atoms with Crippen molar-refractivity contribution in [3.05, 3.63) is 131 Å². The number of aliphatic hydroxyl groups excluding tert-OH is 1. The zero-order valence-electron chi connectivity index (χ0n) is 28.1. The first-order valence-corrected chi connectivity index (χ1v) is 17.8. The number of anilines is 1. The first kappa shape index (κ1) is 35.0. The van der Waals surface area contributed by atoms with Crippen LogP contribution in [-0.4, -0.2) is 61.1 Å². The molecule has 1 unspecified atom stereocenters. The zero-order valence-corrected chi connectivity index (χ0v) is 29.0. The molecule has 2 fully saturated rings. The molecule has 1 aromatic heterocycles. The standard InChI is InChI=1S/C38H36N6O7S/c1-24-32(23-52-37-40-41-42-44(37)29-12-6-3-7-13-29)50-36(51-34(24)27-17-15-25(21-45)16-18-27)28-11-8-14-30(19-28)43-33(46)20-31(35(43)47)39-38(48)49-22-26-9-4-2-5-10-26/h2-19,24,31-32,34,36,45H,20-23H2,1H3,(H,39,48)/t24-,31?,32+,34+,36+/m1/s1. The Balaban J connectivity index is 1.09. The Bertz CT molecular complexity index is 2010. The summed E-state index contributed by atoms with van der Waals surface area (Å²) in [7, 11) is 0. The largest absolute Gasteiger partial charge is 0.445 e. The second-order valence-corrected chi connectivity index (χ2v) is 13.5. The van der Waals surface area contributed by atoms with Gasteiger partial charge in [-0.05, 0) is 51.4 Å². The molecular weight excluding hydrogens is 685 g/mol. The van der Waals surface area contributed by atoms with Gasteiger partial charge in [-0.15, -0.1) is 5.10 Å². The summed E-state index contributed by atoms with van der Waals surface area (Å²) in [4.78, 5) is 40.2. The Morgan fingerprint density at radius 1 is 0.904 bits per heavy atom. The Morgan fingerprint density at radius 2 is 1.63 bits per heavy atom. The Kier molecular flexibility index (Phi) is 10.7. The lowest BCUT2D eigenvalue weighted by Gasteiger charge is -2.41. The van der Waals surface area contributed by atoms with Gasteiger partial charge >= 0.3 is 6.09 Å². The first-order valence-electron chi connectivity index (χ1n) is 16.8. The van der Waals surface area contributed by atoms with E-state index in [2.05, 4.69) is 27.8 Å². The van der Waals surface area contributed by atoms with Crippen LogP contribution in [0.2, 0.25) is 0 Å². The summed E-state index contributed by atoms with van der Waals surface area (Å²) in [6.45, 7) is 2.01. The van der Waals surface area contributed by atoms with Gasteiger partial charge in [-0.3, -0.25) is 9.59 Å². The maximum absolute atomic E-state index is 13.5. The second kappa shape index (κ2) is 15.9. The normalized spacial score (nSPS) is 21.7. The number of rotatable bonds is 11. The van der Waals surface area contributed by atoms with Crippen LogP contribution < -0.4 is 10.2 Å². The molecule has 52 heavy (non-hydrogen) atoms. The van der Waals surface area contributed by atoms with E-state index in [-0.39, 0.29) is 31.7 Å². The molecule has 2 saturated heterocycles. The topological polar surface area (TPSA) is 158 Å². The van der Waals surface area contributed by atoms with Crippen LogP contribution in [0.1, 0.15) is 48.0 Å². The molecule has 13 nitrogen and oxygen atoms in total. The number of para-hydroxylation sites is 1. The number of tetrazole rings is 1. The number of carbonyl (C=O) groups is 3. The van der Waals surface area contributed by atoms with Crippen molar-refractivity contribution in [2.75, 3.05) is 10.7 Å². The summed E-state index contributed by atoms with van der Waals surface area (Å²) in [5.74, 6) is -0.633. The van der Waals surface area contributed by atoms with E-state index in [0.29, 0.717) is 22.2 Å². The summed E-state index contributed by atoms with van der Waals surface area (Å²) < 4.78 is 20.2. The maximum Gasteiger partial charge on any atom is 0.408 e. The van der Waals surface area contributed by atoms with Crippen molar-refractivity contribution in [2.45, 2.75) is 56.3 Å².